The summed E-state index contributed by atoms with van der Waals surface area (Å²) < 4.78 is 12.1. The fourth-order valence-electron chi connectivity index (χ4n) is 1.35. The molecule has 0 radical (unpaired) electrons. The van der Waals surface area contributed by atoms with Crippen molar-refractivity contribution in [2.75, 3.05) is 12.4 Å². The topological polar surface area (TPSA) is 36.8 Å². The normalized spacial score (nSPS) is 13.1. The lowest BCUT2D eigenvalue weighted by atomic mass is 10.2. The van der Waals surface area contributed by atoms with E-state index in [1.807, 2.05) is 6.92 Å². The van der Waals surface area contributed by atoms with Gasteiger partial charge in [0, 0.05) is 18.8 Å². The molecule has 1 rings (SSSR count). The summed E-state index contributed by atoms with van der Waals surface area (Å²) in [5, 5.41) is 2.42. The molecule has 0 aliphatic rings. The molecule has 19 heavy (non-hydrogen) atoms. The number of alkyl halides is 3. The van der Waals surface area contributed by atoms with Gasteiger partial charge in [0.2, 0.25) is 0 Å². The third kappa shape index (κ3) is 5.35. The molecule has 0 aliphatic heterocycles. The van der Waals surface area contributed by atoms with Crippen molar-refractivity contribution in [2.45, 2.75) is 17.3 Å². The van der Waals surface area contributed by atoms with Crippen molar-refractivity contribution in [1.82, 2.24) is 0 Å². The molecule has 0 unspecified atom stereocenters. The fraction of sp³-hybridized carbons (Fsp3) is 0.333. The lowest BCUT2D eigenvalue weighted by molar-refractivity contribution is 0.630. The molecule has 1 aromatic rings. The van der Waals surface area contributed by atoms with Crippen LogP contribution in [0.5, 0.6) is 0 Å². The number of rotatable bonds is 3. The maximum absolute atomic E-state index is 13.9. The zero-order valence-electron chi connectivity index (χ0n) is 10.4. The molecule has 0 amide bonds. The number of halogens is 4. The van der Waals surface area contributed by atoms with E-state index in [2.05, 4.69) is 15.3 Å². The monoisotopic (exact) mass is 323 g/mol. The minimum Gasteiger partial charge on any atom is -0.339 e. The molecular formula is C12H13Cl3FN3. The molecule has 0 heterocycles. The highest BCUT2D eigenvalue weighted by Crippen LogP contribution is 2.29. The Morgan fingerprint density at radius 1 is 1.42 bits per heavy atom. The highest BCUT2D eigenvalue weighted by atomic mass is 35.6. The Kier molecular flexibility index (Phi) is 6.04. The van der Waals surface area contributed by atoms with E-state index in [-0.39, 0.29) is 5.69 Å². The fourth-order valence-corrected chi connectivity index (χ4v) is 1.65. The zero-order chi connectivity index (χ0) is 14.5. The summed E-state index contributed by atoms with van der Waals surface area (Å²) in [6.07, 6.45) is 2.47. The summed E-state index contributed by atoms with van der Waals surface area (Å²) in [5.74, 6) is -0.0992. The van der Waals surface area contributed by atoms with Gasteiger partial charge in [-0.1, -0.05) is 41.7 Å². The van der Waals surface area contributed by atoms with Gasteiger partial charge >= 0.3 is 0 Å². The Morgan fingerprint density at radius 2 is 2.11 bits per heavy atom. The van der Waals surface area contributed by atoms with E-state index in [1.54, 1.807) is 19.3 Å². The Balaban J connectivity index is 3.02. The highest BCUT2D eigenvalue weighted by Gasteiger charge is 2.20. The van der Waals surface area contributed by atoms with Crippen LogP contribution in [-0.4, -0.2) is 23.0 Å². The third-order valence-corrected chi connectivity index (χ3v) is 2.40. The van der Waals surface area contributed by atoms with Crippen LogP contribution in [0.2, 0.25) is 0 Å². The van der Waals surface area contributed by atoms with Crippen LogP contribution in [-0.2, 0) is 0 Å². The van der Waals surface area contributed by atoms with E-state index in [9.17, 15) is 4.39 Å². The van der Waals surface area contributed by atoms with Gasteiger partial charge in [-0.3, -0.25) is 4.99 Å². The van der Waals surface area contributed by atoms with Gasteiger partial charge in [0.05, 0.1) is 5.69 Å². The van der Waals surface area contributed by atoms with Gasteiger partial charge in [-0.05, 0) is 24.6 Å². The molecule has 0 saturated heterocycles. The van der Waals surface area contributed by atoms with Gasteiger partial charge in [-0.2, -0.15) is 0 Å². The molecule has 104 valence electrons. The van der Waals surface area contributed by atoms with E-state index in [0.717, 1.165) is 6.42 Å². The maximum atomic E-state index is 13.9. The predicted molar refractivity (Wildman–Crippen MR) is 81.6 cm³/mol. The second-order valence-electron chi connectivity index (χ2n) is 3.58. The molecule has 0 spiro atoms. The first kappa shape index (κ1) is 16.2. The number of hydrogen-bond acceptors (Lipinski definition) is 2. The average Bonchev–Trinajstić information content (AvgIpc) is 2.32. The molecular weight excluding hydrogens is 312 g/mol. The van der Waals surface area contributed by atoms with Crippen molar-refractivity contribution < 1.29 is 4.39 Å². The molecule has 0 aliphatic carbocycles. The molecule has 0 atom stereocenters. The second kappa shape index (κ2) is 7.08. The smallest absolute Gasteiger partial charge is 0.265 e. The van der Waals surface area contributed by atoms with Crippen molar-refractivity contribution in [3.05, 3.63) is 29.6 Å². The van der Waals surface area contributed by atoms with Gasteiger partial charge in [-0.15, -0.1) is 0 Å². The van der Waals surface area contributed by atoms with Crippen LogP contribution in [0.4, 0.5) is 10.1 Å². The summed E-state index contributed by atoms with van der Waals surface area (Å²) in [6.45, 7) is 1.95. The quantitative estimate of drug-likeness (QED) is 0.380. The van der Waals surface area contributed by atoms with Crippen molar-refractivity contribution in [3.63, 3.8) is 0 Å². The molecule has 3 nitrogen and oxygen atoms in total. The van der Waals surface area contributed by atoms with Crippen molar-refractivity contribution in [2.24, 2.45) is 9.98 Å². The number of nitrogens with zero attached hydrogens (tertiary/aromatic N) is 2. The first-order chi connectivity index (χ1) is 8.87. The molecule has 0 aromatic heterocycles. The minimum atomic E-state index is -1.76. The Hall–Kier alpha value is -0.840. The minimum absolute atomic E-state index is 0.0960. The van der Waals surface area contributed by atoms with E-state index in [0.29, 0.717) is 11.4 Å². The van der Waals surface area contributed by atoms with Crippen LogP contribution >= 0.6 is 34.8 Å². The number of benzene rings is 1. The first-order valence-corrected chi connectivity index (χ1v) is 6.65. The highest BCUT2D eigenvalue weighted by molar-refractivity contribution is 6.68. The van der Waals surface area contributed by atoms with Crippen molar-refractivity contribution in [3.8, 4) is 0 Å². The lowest BCUT2D eigenvalue weighted by Crippen LogP contribution is -2.17. The van der Waals surface area contributed by atoms with Gasteiger partial charge < -0.3 is 5.32 Å². The molecule has 0 bridgehead atoms. The van der Waals surface area contributed by atoms with E-state index >= 15 is 0 Å². The van der Waals surface area contributed by atoms with Crippen LogP contribution in [0.1, 0.15) is 18.9 Å². The summed E-state index contributed by atoms with van der Waals surface area (Å²) in [5.41, 5.74) is 0.651. The van der Waals surface area contributed by atoms with Crippen LogP contribution < -0.4 is 5.32 Å². The van der Waals surface area contributed by atoms with E-state index in [4.69, 9.17) is 34.8 Å². The van der Waals surface area contributed by atoms with Crippen LogP contribution in [0.3, 0.4) is 0 Å². The second-order valence-corrected chi connectivity index (χ2v) is 5.87. The Labute approximate surface area is 126 Å². The van der Waals surface area contributed by atoms with Gasteiger partial charge in [0.25, 0.3) is 3.92 Å². The largest absolute Gasteiger partial charge is 0.339 e. The standard InChI is InChI=1S/C12H13Cl3FN3/c1-3-6-18-11(17-2)8-4-5-10(9(16)7-8)19-12(13,14)15/h4-7,19H,3H2,1-2H3. The van der Waals surface area contributed by atoms with Gasteiger partial charge in [-0.25, -0.2) is 9.38 Å². The zero-order valence-corrected chi connectivity index (χ0v) is 12.7. The molecule has 0 saturated carbocycles. The van der Waals surface area contributed by atoms with Gasteiger partial charge in [0.15, 0.2) is 5.84 Å². The Bertz CT molecular complexity index is 495. The number of anilines is 1. The summed E-state index contributed by atoms with van der Waals surface area (Å²) >= 11 is 16.6. The number of nitrogens with one attached hydrogen (secondary N) is 1. The van der Waals surface area contributed by atoms with Crippen molar-refractivity contribution >= 4 is 52.5 Å². The molecule has 7 heteroatoms. The summed E-state index contributed by atoms with van der Waals surface area (Å²) in [7, 11) is 1.59. The summed E-state index contributed by atoms with van der Waals surface area (Å²) in [4.78, 5) is 8.13. The third-order valence-electron chi connectivity index (χ3n) is 2.11. The SMILES string of the molecule is CCC=NC(=NC)c1ccc(NC(Cl)(Cl)Cl)c(F)c1. The van der Waals surface area contributed by atoms with Crippen LogP contribution in [0, 0.1) is 5.82 Å². The lowest BCUT2D eigenvalue weighted by Gasteiger charge is -2.15. The Morgan fingerprint density at radius 3 is 2.58 bits per heavy atom. The number of aliphatic imine (C=N–C) groups is 2. The average molecular weight is 325 g/mol. The first-order valence-electron chi connectivity index (χ1n) is 5.51. The van der Waals surface area contributed by atoms with E-state index < -0.39 is 9.73 Å². The van der Waals surface area contributed by atoms with Crippen LogP contribution in [0.25, 0.3) is 0 Å². The maximum Gasteiger partial charge on any atom is 0.265 e. The van der Waals surface area contributed by atoms with E-state index in [1.165, 1.54) is 12.1 Å². The number of hydrogen-bond donors (Lipinski definition) is 1. The van der Waals surface area contributed by atoms with Crippen molar-refractivity contribution in [1.29, 1.82) is 0 Å². The number of amidine groups is 1. The van der Waals surface area contributed by atoms with Gasteiger partial charge in [0.1, 0.15) is 5.82 Å². The molecule has 1 aromatic carbocycles. The van der Waals surface area contributed by atoms with Crippen LogP contribution in [0.15, 0.2) is 28.2 Å². The molecule has 0 fully saturated rings. The molecule has 1 N–H and O–H groups in total. The summed E-state index contributed by atoms with van der Waals surface area (Å²) in [6, 6.07) is 4.41. The predicted octanol–water partition coefficient (Wildman–Crippen LogP) is 4.42.